The van der Waals surface area contributed by atoms with Crippen molar-refractivity contribution < 1.29 is 24.5 Å². The van der Waals surface area contributed by atoms with E-state index in [1.165, 1.54) is 0 Å². The molecule has 0 spiro atoms. The number of aliphatic hydroxyl groups excluding tert-OH is 1. The van der Waals surface area contributed by atoms with Crippen LogP contribution in [0.1, 0.15) is 43.9 Å². The van der Waals surface area contributed by atoms with Crippen LogP contribution >= 0.6 is 0 Å². The monoisotopic (exact) mass is 387 g/mol. The van der Waals surface area contributed by atoms with Gasteiger partial charge in [0.2, 0.25) is 5.91 Å². The number of nitrogens with zero attached hydrogens (tertiary/aromatic N) is 3. The SMILES string of the molecule is CC1(C)Oc2ccc(C#N)cc2[C@@H](N2CCN(CCCC(=O)O)CC2=O)[C@@H]1O. The highest BCUT2D eigenvalue weighted by atomic mass is 16.5. The summed E-state index contributed by atoms with van der Waals surface area (Å²) in [4.78, 5) is 27.1. The van der Waals surface area contributed by atoms with E-state index in [1.54, 1.807) is 36.9 Å². The third-order valence-corrected chi connectivity index (χ3v) is 5.38. The fraction of sp³-hybridized carbons (Fsp3) is 0.550. The zero-order valence-corrected chi connectivity index (χ0v) is 16.1. The first-order valence-corrected chi connectivity index (χ1v) is 9.37. The average molecular weight is 387 g/mol. The Bertz CT molecular complexity index is 817. The van der Waals surface area contributed by atoms with Crippen LogP contribution in [0.15, 0.2) is 18.2 Å². The summed E-state index contributed by atoms with van der Waals surface area (Å²) in [6, 6.07) is 6.53. The topological polar surface area (TPSA) is 114 Å². The Morgan fingerprint density at radius 1 is 1.39 bits per heavy atom. The summed E-state index contributed by atoms with van der Waals surface area (Å²) >= 11 is 0. The quantitative estimate of drug-likeness (QED) is 0.779. The second-order valence-corrected chi connectivity index (χ2v) is 7.82. The number of carboxylic acids is 1. The highest BCUT2D eigenvalue weighted by Crippen LogP contribution is 2.43. The van der Waals surface area contributed by atoms with E-state index >= 15 is 0 Å². The van der Waals surface area contributed by atoms with E-state index in [1.807, 2.05) is 4.90 Å². The predicted molar refractivity (Wildman–Crippen MR) is 99.6 cm³/mol. The van der Waals surface area contributed by atoms with Crippen LogP contribution in [-0.2, 0) is 9.59 Å². The molecule has 2 aliphatic heterocycles. The first-order chi connectivity index (χ1) is 13.2. The number of nitriles is 1. The third-order valence-electron chi connectivity index (χ3n) is 5.38. The van der Waals surface area contributed by atoms with Crippen molar-refractivity contribution in [2.75, 3.05) is 26.2 Å². The molecule has 28 heavy (non-hydrogen) atoms. The molecule has 1 aromatic rings. The summed E-state index contributed by atoms with van der Waals surface area (Å²) in [5, 5.41) is 29.0. The largest absolute Gasteiger partial charge is 0.485 e. The summed E-state index contributed by atoms with van der Waals surface area (Å²) in [6.07, 6.45) is -0.383. The Labute approximate surface area is 163 Å². The maximum atomic E-state index is 12.9. The number of hydrogen-bond donors (Lipinski definition) is 2. The van der Waals surface area contributed by atoms with E-state index in [9.17, 15) is 20.0 Å². The summed E-state index contributed by atoms with van der Waals surface area (Å²) in [7, 11) is 0. The summed E-state index contributed by atoms with van der Waals surface area (Å²) in [5.41, 5.74) is 0.197. The van der Waals surface area contributed by atoms with Crippen LogP contribution in [0, 0.1) is 11.3 Å². The number of carboxylic acid groups (broad SMARTS) is 1. The molecule has 3 rings (SSSR count). The molecule has 1 saturated heterocycles. The van der Waals surface area contributed by atoms with Gasteiger partial charge < -0.3 is 19.8 Å². The van der Waals surface area contributed by atoms with Gasteiger partial charge in [-0.05, 0) is 45.0 Å². The number of carbonyl (C=O) groups is 2. The lowest BCUT2D eigenvalue weighted by Crippen LogP contribution is -2.59. The van der Waals surface area contributed by atoms with Gasteiger partial charge in [0.1, 0.15) is 17.5 Å². The van der Waals surface area contributed by atoms with Crippen LogP contribution in [0.3, 0.4) is 0 Å². The van der Waals surface area contributed by atoms with Crippen LogP contribution in [0.2, 0.25) is 0 Å². The average Bonchev–Trinajstić information content (AvgIpc) is 2.63. The maximum absolute atomic E-state index is 12.9. The zero-order chi connectivity index (χ0) is 20.5. The van der Waals surface area contributed by atoms with E-state index < -0.39 is 23.7 Å². The van der Waals surface area contributed by atoms with Crippen molar-refractivity contribution >= 4 is 11.9 Å². The first kappa shape index (κ1) is 20.1. The number of hydrogen-bond acceptors (Lipinski definition) is 6. The minimum Gasteiger partial charge on any atom is -0.485 e. The number of fused-ring (bicyclic) bond motifs is 1. The van der Waals surface area contributed by atoms with Crippen molar-refractivity contribution in [2.45, 2.75) is 44.4 Å². The molecule has 0 radical (unpaired) electrons. The van der Waals surface area contributed by atoms with Gasteiger partial charge in [-0.3, -0.25) is 14.5 Å². The Hall–Kier alpha value is -2.63. The summed E-state index contributed by atoms with van der Waals surface area (Å²) < 4.78 is 5.92. The number of ether oxygens (including phenoxy) is 1. The maximum Gasteiger partial charge on any atom is 0.303 e. The standard InChI is InChI=1S/C20H25N3O5/c1-20(2)19(27)18(14-10-13(11-21)5-6-15(14)28-20)23-9-8-22(12-16(23)24)7-3-4-17(25)26/h5-6,10,18-19,27H,3-4,7-9,12H2,1-2H3,(H,25,26)/t18-,19+/m1/s1. The zero-order valence-electron chi connectivity index (χ0n) is 16.1. The molecule has 0 unspecified atom stereocenters. The highest BCUT2D eigenvalue weighted by Gasteiger charge is 2.47. The summed E-state index contributed by atoms with van der Waals surface area (Å²) in [5.74, 6) is -0.407. The fourth-order valence-corrected chi connectivity index (χ4v) is 3.85. The van der Waals surface area contributed by atoms with Gasteiger partial charge in [0.25, 0.3) is 0 Å². The van der Waals surface area contributed by atoms with Crippen LogP contribution in [0.4, 0.5) is 0 Å². The molecule has 0 aliphatic carbocycles. The van der Waals surface area contributed by atoms with Crippen LogP contribution in [0.25, 0.3) is 0 Å². The van der Waals surface area contributed by atoms with E-state index in [0.29, 0.717) is 42.9 Å². The van der Waals surface area contributed by atoms with Gasteiger partial charge in [-0.15, -0.1) is 0 Å². The molecule has 2 heterocycles. The van der Waals surface area contributed by atoms with Crippen LogP contribution in [0.5, 0.6) is 5.75 Å². The fourth-order valence-electron chi connectivity index (χ4n) is 3.85. The molecule has 1 aromatic carbocycles. The Morgan fingerprint density at radius 3 is 2.79 bits per heavy atom. The van der Waals surface area contributed by atoms with E-state index in [2.05, 4.69) is 6.07 Å². The van der Waals surface area contributed by atoms with Gasteiger partial charge in [0.05, 0.1) is 24.2 Å². The number of amides is 1. The minimum atomic E-state index is -0.948. The van der Waals surface area contributed by atoms with E-state index in [0.717, 1.165) is 0 Å². The number of carbonyl (C=O) groups excluding carboxylic acids is 1. The second kappa shape index (κ2) is 7.78. The van der Waals surface area contributed by atoms with Crippen molar-refractivity contribution in [3.8, 4) is 11.8 Å². The summed E-state index contributed by atoms with van der Waals surface area (Å²) in [6.45, 7) is 5.29. The number of rotatable bonds is 5. The van der Waals surface area contributed by atoms with Crippen LogP contribution in [-0.4, -0.2) is 69.8 Å². The van der Waals surface area contributed by atoms with Gasteiger partial charge in [0, 0.05) is 25.1 Å². The molecular formula is C20H25N3O5. The Morgan fingerprint density at radius 2 is 2.14 bits per heavy atom. The van der Waals surface area contributed by atoms with Crippen molar-refractivity contribution in [2.24, 2.45) is 0 Å². The lowest BCUT2D eigenvalue weighted by atomic mass is 9.84. The molecular weight excluding hydrogens is 362 g/mol. The molecule has 1 amide bonds. The molecule has 2 aliphatic rings. The molecule has 8 heteroatoms. The second-order valence-electron chi connectivity index (χ2n) is 7.82. The number of piperazine rings is 1. The van der Waals surface area contributed by atoms with Gasteiger partial charge in [-0.1, -0.05) is 0 Å². The Balaban J connectivity index is 1.82. The lowest BCUT2D eigenvalue weighted by molar-refractivity contribution is -0.150. The molecule has 8 nitrogen and oxygen atoms in total. The molecule has 0 saturated carbocycles. The number of aliphatic hydroxyl groups is 1. The smallest absolute Gasteiger partial charge is 0.303 e. The Kier molecular flexibility index (Phi) is 5.59. The predicted octanol–water partition coefficient (Wildman–Crippen LogP) is 1.14. The third kappa shape index (κ3) is 3.96. The lowest BCUT2D eigenvalue weighted by Gasteiger charge is -2.48. The van der Waals surface area contributed by atoms with Gasteiger partial charge in [-0.2, -0.15) is 5.26 Å². The minimum absolute atomic E-state index is 0.0750. The van der Waals surface area contributed by atoms with Gasteiger partial charge in [-0.25, -0.2) is 0 Å². The molecule has 2 N–H and O–H groups in total. The van der Waals surface area contributed by atoms with E-state index in [-0.39, 0.29) is 18.9 Å². The molecule has 0 aromatic heterocycles. The first-order valence-electron chi connectivity index (χ1n) is 9.37. The molecule has 150 valence electrons. The van der Waals surface area contributed by atoms with Crippen LogP contribution < -0.4 is 4.74 Å². The van der Waals surface area contributed by atoms with Crippen molar-refractivity contribution in [1.82, 2.24) is 9.80 Å². The van der Waals surface area contributed by atoms with Crippen molar-refractivity contribution in [1.29, 1.82) is 5.26 Å². The number of aliphatic carboxylic acids is 1. The molecule has 0 bridgehead atoms. The van der Waals surface area contributed by atoms with E-state index in [4.69, 9.17) is 9.84 Å². The van der Waals surface area contributed by atoms with Crippen molar-refractivity contribution in [3.05, 3.63) is 29.3 Å². The van der Waals surface area contributed by atoms with Crippen molar-refractivity contribution in [3.63, 3.8) is 0 Å². The van der Waals surface area contributed by atoms with Gasteiger partial charge >= 0.3 is 5.97 Å². The number of benzene rings is 1. The normalized spacial score (nSPS) is 24.2. The molecule has 1 fully saturated rings. The van der Waals surface area contributed by atoms with Gasteiger partial charge in [0.15, 0.2) is 0 Å². The highest BCUT2D eigenvalue weighted by molar-refractivity contribution is 5.80. The molecule has 2 atom stereocenters.